The minimum absolute atomic E-state index is 0.175. The summed E-state index contributed by atoms with van der Waals surface area (Å²) in [6.07, 6.45) is 0. The SMILES string of the molecule is Cc1cc(C(=O)Nc2ccc(Cl)cc2C#CCO)sc1C. The highest BCUT2D eigenvalue weighted by Crippen LogP contribution is 2.24. The molecule has 0 saturated carbocycles. The van der Waals surface area contributed by atoms with Crippen LogP contribution in [0.3, 0.4) is 0 Å². The average Bonchev–Trinajstić information content (AvgIpc) is 2.79. The lowest BCUT2D eigenvalue weighted by Gasteiger charge is -2.07. The van der Waals surface area contributed by atoms with Crippen LogP contribution in [0.4, 0.5) is 5.69 Å². The topological polar surface area (TPSA) is 49.3 Å². The lowest BCUT2D eigenvalue weighted by atomic mass is 10.1. The Labute approximate surface area is 132 Å². The van der Waals surface area contributed by atoms with Crippen molar-refractivity contribution in [3.8, 4) is 11.8 Å². The molecular weight excluding hydrogens is 306 g/mol. The molecule has 0 bridgehead atoms. The monoisotopic (exact) mass is 319 g/mol. The second-order valence-electron chi connectivity index (χ2n) is 4.45. The zero-order valence-electron chi connectivity index (χ0n) is 11.7. The van der Waals surface area contributed by atoms with Crippen molar-refractivity contribution >= 4 is 34.5 Å². The largest absolute Gasteiger partial charge is 0.384 e. The van der Waals surface area contributed by atoms with Crippen molar-refractivity contribution in [2.24, 2.45) is 0 Å². The molecule has 0 unspecified atom stereocenters. The molecular formula is C16H14ClNO2S. The minimum Gasteiger partial charge on any atom is -0.384 e. The predicted octanol–water partition coefficient (Wildman–Crippen LogP) is 3.61. The molecule has 0 aliphatic heterocycles. The molecule has 0 fully saturated rings. The van der Waals surface area contributed by atoms with Gasteiger partial charge in [0, 0.05) is 15.5 Å². The van der Waals surface area contributed by atoms with Crippen molar-refractivity contribution < 1.29 is 9.90 Å². The number of carbonyl (C=O) groups excluding carboxylic acids is 1. The number of hydrogen-bond donors (Lipinski definition) is 2. The van der Waals surface area contributed by atoms with Gasteiger partial charge in [-0.3, -0.25) is 4.79 Å². The molecule has 1 aromatic carbocycles. The molecule has 0 aliphatic carbocycles. The molecule has 21 heavy (non-hydrogen) atoms. The van der Waals surface area contributed by atoms with Crippen LogP contribution in [0.25, 0.3) is 0 Å². The Morgan fingerprint density at radius 1 is 1.38 bits per heavy atom. The average molecular weight is 320 g/mol. The highest BCUT2D eigenvalue weighted by atomic mass is 35.5. The van der Waals surface area contributed by atoms with E-state index in [1.165, 1.54) is 11.3 Å². The van der Waals surface area contributed by atoms with Gasteiger partial charge < -0.3 is 10.4 Å². The van der Waals surface area contributed by atoms with Crippen LogP contribution in [-0.4, -0.2) is 17.6 Å². The molecule has 2 aromatic rings. The van der Waals surface area contributed by atoms with Crippen LogP contribution in [0.15, 0.2) is 24.3 Å². The van der Waals surface area contributed by atoms with Crippen molar-refractivity contribution in [1.29, 1.82) is 0 Å². The Morgan fingerprint density at radius 2 is 2.14 bits per heavy atom. The van der Waals surface area contributed by atoms with Gasteiger partial charge in [-0.05, 0) is 43.7 Å². The van der Waals surface area contributed by atoms with Crippen molar-refractivity contribution in [3.63, 3.8) is 0 Å². The Kier molecular flexibility index (Phi) is 5.03. The first-order valence-electron chi connectivity index (χ1n) is 6.29. The van der Waals surface area contributed by atoms with Gasteiger partial charge in [-0.25, -0.2) is 0 Å². The maximum absolute atomic E-state index is 12.3. The number of hydrogen-bond acceptors (Lipinski definition) is 3. The van der Waals surface area contributed by atoms with Crippen LogP contribution in [-0.2, 0) is 0 Å². The van der Waals surface area contributed by atoms with Crippen LogP contribution < -0.4 is 5.32 Å². The number of rotatable bonds is 2. The van der Waals surface area contributed by atoms with Crippen LogP contribution in [0.2, 0.25) is 5.02 Å². The lowest BCUT2D eigenvalue weighted by Crippen LogP contribution is -2.11. The Bertz CT molecular complexity index is 721. The number of halogens is 1. The fourth-order valence-corrected chi connectivity index (χ4v) is 2.83. The van der Waals surface area contributed by atoms with Gasteiger partial charge in [-0.1, -0.05) is 23.4 Å². The summed E-state index contributed by atoms with van der Waals surface area (Å²) < 4.78 is 0. The summed E-state index contributed by atoms with van der Waals surface area (Å²) in [5.41, 5.74) is 2.26. The molecule has 2 rings (SSSR count). The van der Waals surface area contributed by atoms with E-state index in [4.69, 9.17) is 16.7 Å². The molecule has 1 heterocycles. The molecule has 3 nitrogen and oxygen atoms in total. The summed E-state index contributed by atoms with van der Waals surface area (Å²) in [4.78, 5) is 14.0. The Hall–Kier alpha value is -1.80. The van der Waals surface area contributed by atoms with E-state index in [0.717, 1.165) is 10.4 Å². The quantitative estimate of drug-likeness (QED) is 0.831. The molecule has 0 saturated heterocycles. The Morgan fingerprint density at radius 3 is 2.76 bits per heavy atom. The van der Waals surface area contributed by atoms with Gasteiger partial charge in [0.25, 0.3) is 5.91 Å². The van der Waals surface area contributed by atoms with E-state index in [1.807, 2.05) is 19.9 Å². The van der Waals surface area contributed by atoms with Crippen LogP contribution in [0.5, 0.6) is 0 Å². The van der Waals surface area contributed by atoms with Crippen LogP contribution >= 0.6 is 22.9 Å². The highest BCUT2D eigenvalue weighted by molar-refractivity contribution is 7.14. The maximum atomic E-state index is 12.3. The van der Waals surface area contributed by atoms with Gasteiger partial charge in [0.05, 0.1) is 10.6 Å². The molecule has 0 aliphatic rings. The number of amides is 1. The normalized spacial score (nSPS) is 9.90. The van der Waals surface area contributed by atoms with Crippen molar-refractivity contribution in [3.05, 3.63) is 50.2 Å². The van der Waals surface area contributed by atoms with E-state index in [9.17, 15) is 4.79 Å². The molecule has 2 N–H and O–H groups in total. The number of nitrogens with one attached hydrogen (secondary N) is 1. The minimum atomic E-state index is -0.247. The van der Waals surface area contributed by atoms with E-state index in [1.54, 1.807) is 18.2 Å². The summed E-state index contributed by atoms with van der Waals surface area (Å²) in [6, 6.07) is 6.91. The summed E-state index contributed by atoms with van der Waals surface area (Å²) in [7, 11) is 0. The number of aliphatic hydroxyl groups is 1. The number of aliphatic hydroxyl groups excluding tert-OH is 1. The number of carbonyl (C=O) groups is 1. The molecule has 5 heteroatoms. The van der Waals surface area contributed by atoms with E-state index in [-0.39, 0.29) is 12.5 Å². The van der Waals surface area contributed by atoms with Gasteiger partial charge >= 0.3 is 0 Å². The van der Waals surface area contributed by atoms with Gasteiger partial charge in [-0.2, -0.15) is 0 Å². The summed E-state index contributed by atoms with van der Waals surface area (Å²) in [5, 5.41) is 12.1. The standard InChI is InChI=1S/C16H14ClNO2S/c1-10-8-15(21-11(10)2)16(20)18-14-6-5-13(17)9-12(14)4-3-7-19/h5-6,8-9,19H,7H2,1-2H3,(H,18,20). The Balaban J connectivity index is 2.28. The van der Waals surface area contributed by atoms with Gasteiger partial charge in [-0.15, -0.1) is 11.3 Å². The first-order valence-corrected chi connectivity index (χ1v) is 7.48. The van der Waals surface area contributed by atoms with Gasteiger partial charge in [0.15, 0.2) is 0 Å². The zero-order chi connectivity index (χ0) is 15.4. The van der Waals surface area contributed by atoms with E-state index in [0.29, 0.717) is 21.2 Å². The lowest BCUT2D eigenvalue weighted by molar-refractivity contribution is 0.103. The molecule has 1 amide bonds. The fourth-order valence-electron chi connectivity index (χ4n) is 1.73. The van der Waals surface area contributed by atoms with Gasteiger partial charge in [0.2, 0.25) is 0 Å². The molecule has 0 radical (unpaired) electrons. The molecule has 1 aromatic heterocycles. The van der Waals surface area contributed by atoms with Crippen molar-refractivity contribution in [2.45, 2.75) is 13.8 Å². The summed E-state index contributed by atoms with van der Waals surface area (Å²) in [5.74, 6) is 5.16. The van der Waals surface area contributed by atoms with E-state index >= 15 is 0 Å². The number of thiophene rings is 1. The number of benzene rings is 1. The predicted molar refractivity (Wildman–Crippen MR) is 87.2 cm³/mol. The summed E-state index contributed by atoms with van der Waals surface area (Å²) >= 11 is 7.39. The van der Waals surface area contributed by atoms with Crippen molar-refractivity contribution in [1.82, 2.24) is 0 Å². The zero-order valence-corrected chi connectivity index (χ0v) is 13.2. The second kappa shape index (κ2) is 6.77. The molecule has 0 atom stereocenters. The molecule has 108 valence electrons. The van der Waals surface area contributed by atoms with Crippen LogP contribution in [0, 0.1) is 25.7 Å². The first kappa shape index (κ1) is 15.6. The number of aryl methyl sites for hydroxylation is 2. The summed E-state index contributed by atoms with van der Waals surface area (Å²) in [6.45, 7) is 3.71. The fraction of sp³-hybridized carbons (Fsp3) is 0.188. The van der Waals surface area contributed by atoms with E-state index in [2.05, 4.69) is 17.2 Å². The number of anilines is 1. The maximum Gasteiger partial charge on any atom is 0.265 e. The second-order valence-corrected chi connectivity index (χ2v) is 6.15. The first-order chi connectivity index (χ1) is 10.0. The smallest absolute Gasteiger partial charge is 0.265 e. The van der Waals surface area contributed by atoms with E-state index < -0.39 is 0 Å². The third-order valence-corrected chi connectivity index (χ3v) is 4.31. The van der Waals surface area contributed by atoms with Gasteiger partial charge in [0.1, 0.15) is 6.61 Å². The third kappa shape index (κ3) is 3.85. The highest BCUT2D eigenvalue weighted by Gasteiger charge is 2.12. The van der Waals surface area contributed by atoms with Crippen LogP contribution in [0.1, 0.15) is 25.7 Å². The third-order valence-electron chi connectivity index (χ3n) is 2.92. The molecule has 0 spiro atoms. The van der Waals surface area contributed by atoms with Crippen molar-refractivity contribution in [2.75, 3.05) is 11.9 Å².